The van der Waals surface area contributed by atoms with Gasteiger partial charge in [-0.3, -0.25) is 18.8 Å². The molecule has 5 heteroatoms. The van der Waals surface area contributed by atoms with Crippen LogP contribution < -0.4 is 0 Å². The Morgan fingerprint density at radius 1 is 0.400 bits per heavy atom. The summed E-state index contributed by atoms with van der Waals surface area (Å²) >= 11 is 0. The maximum atomic E-state index is 0. The van der Waals surface area contributed by atoms with Crippen LogP contribution in [0.25, 0.3) is 0 Å². The van der Waals surface area contributed by atoms with Gasteiger partial charge in [-0.1, -0.05) is 0 Å². The number of hydrogen-bond donors (Lipinski definition) is 0. The topological polar surface area (TPSA) is 0 Å². The summed E-state index contributed by atoms with van der Waals surface area (Å²) in [6, 6.07) is 0. The molecule has 0 aromatic heterocycles. The number of hydrogen-bond acceptors (Lipinski definition) is 0. The first kappa shape index (κ1) is 1480. The van der Waals surface area contributed by atoms with Gasteiger partial charge >= 0.3 is 0 Å². The lowest BCUT2D eigenvalue weighted by atomic mass is 10.8. The highest BCUT2D eigenvalue weighted by Crippen LogP contribution is 0.423. The van der Waals surface area contributed by atoms with Crippen molar-refractivity contribution in [1.82, 2.24) is 0 Å². The molecule has 0 unspecified atom stereocenters. The highest BCUT2D eigenvalue weighted by molar-refractivity contribution is 5.75. The number of halogens is 4. The van der Waals surface area contributed by atoms with E-state index in [9.17, 15) is 0 Å². The van der Waals surface area contributed by atoms with Crippen LogP contribution in [-0.2, 0) is 0 Å². The van der Waals surface area contributed by atoms with E-state index < -0.39 is 0 Å². The highest BCUT2D eigenvalue weighted by Gasteiger charge is 0.0000151. The molecule has 0 aliphatic rings. The Labute approximate surface area is 28.6 Å². The van der Waals surface area contributed by atoms with E-state index in [0.29, 0.717) is 0 Å². The van der Waals surface area contributed by atoms with Gasteiger partial charge in [-0.05, 0) is 0 Å². The third-order valence-corrected chi connectivity index (χ3v) is 0. The fourth-order valence-electron chi connectivity index (χ4n) is 0. The zero-order valence-electron chi connectivity index (χ0n) is 2.21. The molecule has 0 aromatic rings. The van der Waals surface area contributed by atoms with E-state index in [4.69, 9.17) is 0 Å². The Hall–Kier alpha value is -0.215. The van der Waals surface area contributed by atoms with Crippen molar-refractivity contribution >= 4 is 8.41 Å². The molecule has 0 heterocycles. The predicted octanol–water partition coefficient (Wildman–Crippen LogP) is 0.229. The fourth-order valence-corrected chi connectivity index (χ4v) is 0. The summed E-state index contributed by atoms with van der Waals surface area (Å²) in [4.78, 5) is 0. The molecule has 0 rings (SSSR count). The summed E-state index contributed by atoms with van der Waals surface area (Å²) in [6.07, 6.45) is 0. The van der Waals surface area contributed by atoms with E-state index in [2.05, 4.69) is 0 Å². The molecular weight excluding hydrogens is 86.8 g/mol. The summed E-state index contributed by atoms with van der Waals surface area (Å²) in [5, 5.41) is 0. The second-order valence-electron chi connectivity index (χ2n) is 0. The Morgan fingerprint density at radius 2 is 0.400 bits per heavy atom. The van der Waals surface area contributed by atoms with Crippen molar-refractivity contribution in [1.29, 1.82) is 0 Å². The summed E-state index contributed by atoms with van der Waals surface area (Å²) in [7, 11) is 0. The van der Waals surface area contributed by atoms with Crippen LogP contribution in [0.15, 0.2) is 0 Å². The average molecular weight is 90.8 g/mol. The van der Waals surface area contributed by atoms with Gasteiger partial charge in [0.25, 0.3) is 0 Å². The first-order chi connectivity index (χ1) is 0. The first-order valence-electron chi connectivity index (χ1n) is 0. The lowest BCUT2D eigenvalue weighted by molar-refractivity contribution is 1.11. The number of rotatable bonds is 0. The van der Waals surface area contributed by atoms with Gasteiger partial charge in [-0.25, -0.2) is 0 Å². The summed E-state index contributed by atoms with van der Waals surface area (Å²) in [6.45, 7) is 0. The molecule has 0 spiro atoms. The molecule has 0 aromatic carbocycles. The molecule has 0 saturated heterocycles. The van der Waals surface area contributed by atoms with Gasteiger partial charge in [0.2, 0.25) is 0 Å². The van der Waals surface area contributed by atoms with Crippen LogP contribution in [0.1, 0.15) is 0 Å². The average Bonchev–Trinajstić information content (AvgIpc) is 0. The normalized spacial score (nSPS) is 0. The van der Waals surface area contributed by atoms with Crippen molar-refractivity contribution in [2.24, 2.45) is 0 Å². The molecule has 0 atom stereocenters. The van der Waals surface area contributed by atoms with Crippen molar-refractivity contribution in [3.05, 3.63) is 0 Å². The second-order valence-corrected chi connectivity index (χ2v) is 0. The van der Waals surface area contributed by atoms with Crippen LogP contribution in [0.2, 0.25) is 0 Å². The van der Waals surface area contributed by atoms with E-state index in [-0.39, 0.29) is 27.2 Å². The smallest absolute Gasteiger partial charge is 0 e. The van der Waals surface area contributed by atoms with Crippen LogP contribution in [0, 0.1) is 0 Å². The zero-order chi connectivity index (χ0) is 0. The van der Waals surface area contributed by atoms with E-state index >= 15 is 0 Å². The minimum atomic E-state index is 0. The largest absolute Gasteiger partial charge is 0.269 e. The van der Waals surface area contributed by atoms with Gasteiger partial charge in [0.1, 0.15) is 0 Å². The molecule has 5 heavy (non-hydrogen) atoms. The SMILES string of the molecule is F.F.F.F.[B]. The molecule has 0 bridgehead atoms. The maximum Gasteiger partial charge on any atom is 0 e. The Morgan fingerprint density at radius 3 is 0.400 bits per heavy atom. The van der Waals surface area contributed by atoms with E-state index in [1.165, 1.54) is 0 Å². The third kappa shape index (κ3) is 261. The first-order valence-corrected chi connectivity index (χ1v) is 0. The van der Waals surface area contributed by atoms with Gasteiger partial charge in [0.15, 0.2) is 0 Å². The quantitative estimate of drug-likeness (QED) is 0.295. The molecule has 0 aliphatic carbocycles. The fraction of sp³-hybridized carbons (Fsp3) is 0. The van der Waals surface area contributed by atoms with E-state index in [0.717, 1.165) is 0 Å². The molecule has 0 saturated carbocycles. The third-order valence-electron chi connectivity index (χ3n) is 0. The van der Waals surface area contributed by atoms with Crippen LogP contribution in [-0.4, -0.2) is 8.41 Å². The summed E-state index contributed by atoms with van der Waals surface area (Å²) < 4.78 is 0. The van der Waals surface area contributed by atoms with Crippen LogP contribution in [0.4, 0.5) is 18.8 Å². The molecular formula is H4BF4. The predicted molar refractivity (Wildman–Crippen MR) is 15.8 cm³/mol. The van der Waals surface area contributed by atoms with Crippen molar-refractivity contribution in [3.8, 4) is 0 Å². The molecule has 3 radical (unpaired) electrons. The summed E-state index contributed by atoms with van der Waals surface area (Å²) in [5.41, 5.74) is 0. The van der Waals surface area contributed by atoms with Gasteiger partial charge in [0, 0.05) is 8.41 Å². The lowest BCUT2D eigenvalue weighted by Gasteiger charge is -0.270. The second kappa shape index (κ2) is 635. The van der Waals surface area contributed by atoms with Gasteiger partial charge in [-0.2, -0.15) is 0 Å². The van der Waals surface area contributed by atoms with Crippen molar-refractivity contribution < 1.29 is 18.8 Å². The Balaban J connectivity index is 0. The van der Waals surface area contributed by atoms with E-state index in [1.807, 2.05) is 0 Å². The molecule has 0 nitrogen and oxygen atoms in total. The molecule has 0 N–H and O–H groups in total. The Kier molecular flexibility index (Phi) is 188000. The van der Waals surface area contributed by atoms with E-state index in [1.54, 1.807) is 0 Å². The minimum absolute atomic E-state index is 0. The molecule has 0 amide bonds. The van der Waals surface area contributed by atoms with Crippen LogP contribution in [0.5, 0.6) is 0 Å². The monoisotopic (exact) mass is 91.0 g/mol. The van der Waals surface area contributed by atoms with Crippen LogP contribution in [0.3, 0.4) is 0 Å². The standard InChI is InChI=1S/B.4FH/h;4*1H. The van der Waals surface area contributed by atoms with Crippen molar-refractivity contribution in [2.75, 3.05) is 0 Å². The van der Waals surface area contributed by atoms with Crippen molar-refractivity contribution in [2.45, 2.75) is 0 Å². The Bertz CT molecular complexity index is 3.61. The van der Waals surface area contributed by atoms with Gasteiger partial charge < -0.3 is 0 Å². The minimum Gasteiger partial charge on any atom is -0.269 e. The lowest BCUT2D eigenvalue weighted by Crippen LogP contribution is -0.381. The van der Waals surface area contributed by atoms with Gasteiger partial charge in [-0.15, -0.1) is 0 Å². The van der Waals surface area contributed by atoms with Crippen LogP contribution >= 0.6 is 0 Å². The zero-order valence-corrected chi connectivity index (χ0v) is 2.21. The molecule has 0 aliphatic heterocycles. The highest BCUT2D eigenvalue weighted by atomic mass is 19.0. The molecule has 35 valence electrons. The maximum absolute atomic E-state index is 0. The molecule has 0 fully saturated rings. The van der Waals surface area contributed by atoms with Crippen molar-refractivity contribution in [3.63, 3.8) is 0 Å². The summed E-state index contributed by atoms with van der Waals surface area (Å²) in [5.74, 6) is 0. The van der Waals surface area contributed by atoms with Gasteiger partial charge in [0.05, 0.1) is 0 Å².